The molecule has 1 aliphatic heterocycles. The molecule has 5 nitrogen and oxygen atoms in total. The van der Waals surface area contributed by atoms with Crippen LogP contribution in [-0.4, -0.2) is 45.5 Å². The van der Waals surface area contributed by atoms with Gasteiger partial charge in [-0.1, -0.05) is 19.9 Å². The molecule has 0 aliphatic carbocycles. The van der Waals surface area contributed by atoms with Gasteiger partial charge in [0.25, 0.3) is 0 Å². The third kappa shape index (κ3) is 5.22. The molecule has 0 aromatic heterocycles. The predicted octanol–water partition coefficient (Wildman–Crippen LogP) is 4.20. The molecule has 0 unspecified atom stereocenters. The Morgan fingerprint density at radius 2 is 1.48 bits per heavy atom. The van der Waals surface area contributed by atoms with Gasteiger partial charge < -0.3 is 15.1 Å². The number of hydrogen-bond acceptors (Lipinski definition) is 3. The molecule has 6 heteroatoms. The van der Waals surface area contributed by atoms with Crippen molar-refractivity contribution in [2.45, 2.75) is 59.8 Å². The fraction of sp³-hybridized carbons (Fsp3) is 0.524. The third-order valence-corrected chi connectivity index (χ3v) is 5.25. The minimum absolute atomic E-state index is 0.165. The number of anilines is 1. The van der Waals surface area contributed by atoms with E-state index in [0.717, 1.165) is 49.2 Å². The monoisotopic (exact) mass is 388 g/mol. The summed E-state index contributed by atoms with van der Waals surface area (Å²) in [5.74, 6) is -2.08. The third-order valence-electron chi connectivity index (χ3n) is 4.91. The average molecular weight is 389 g/mol. The lowest BCUT2D eigenvalue weighted by molar-refractivity contribution is 0.0695. The summed E-state index contributed by atoms with van der Waals surface area (Å²) in [6, 6.07) is 0. The largest absolute Gasteiger partial charge is 0.478 e. The topological polar surface area (TPSA) is 77.8 Å². The summed E-state index contributed by atoms with van der Waals surface area (Å²) in [4.78, 5) is 25.8. The van der Waals surface area contributed by atoms with Crippen molar-refractivity contribution in [2.75, 3.05) is 18.0 Å². The molecular weight excluding hydrogens is 358 g/mol. The van der Waals surface area contributed by atoms with Crippen LogP contribution in [0.25, 0.3) is 0 Å². The zero-order chi connectivity index (χ0) is 20.6. The SMILES string of the molecule is CC=C[Si].CCc1c(CC)c(N2CCCCC2)c(C(=O)O)c(C)c1C(=O)O. The molecule has 0 spiro atoms. The van der Waals surface area contributed by atoms with Gasteiger partial charge in [-0.15, -0.1) is 5.70 Å². The number of carboxylic acid groups (broad SMARTS) is 2. The zero-order valence-corrected chi connectivity index (χ0v) is 17.8. The van der Waals surface area contributed by atoms with E-state index in [2.05, 4.69) is 15.1 Å². The summed E-state index contributed by atoms with van der Waals surface area (Å²) in [5, 5.41) is 19.3. The molecule has 0 amide bonds. The minimum Gasteiger partial charge on any atom is -0.478 e. The quantitative estimate of drug-likeness (QED) is 0.739. The zero-order valence-electron chi connectivity index (χ0n) is 16.8. The van der Waals surface area contributed by atoms with Crippen molar-refractivity contribution in [3.63, 3.8) is 0 Å². The van der Waals surface area contributed by atoms with Crippen LogP contribution in [0.15, 0.2) is 11.8 Å². The van der Waals surface area contributed by atoms with Gasteiger partial charge >= 0.3 is 11.9 Å². The van der Waals surface area contributed by atoms with Crippen molar-refractivity contribution in [1.29, 1.82) is 0 Å². The van der Waals surface area contributed by atoms with Gasteiger partial charge in [0.15, 0.2) is 0 Å². The molecular formula is C21H30NO4Si. The molecule has 147 valence electrons. The van der Waals surface area contributed by atoms with Crippen LogP contribution in [0.3, 0.4) is 0 Å². The number of carboxylic acids is 2. The Kier molecular flexibility index (Phi) is 9.28. The van der Waals surface area contributed by atoms with Crippen LogP contribution in [0.4, 0.5) is 5.69 Å². The maximum absolute atomic E-state index is 11.9. The van der Waals surface area contributed by atoms with Crippen molar-refractivity contribution in [3.05, 3.63) is 39.6 Å². The molecule has 1 fully saturated rings. The highest BCUT2D eigenvalue weighted by Gasteiger charge is 2.29. The molecule has 1 aromatic rings. The van der Waals surface area contributed by atoms with Crippen molar-refractivity contribution < 1.29 is 19.8 Å². The molecule has 3 radical (unpaired) electrons. The van der Waals surface area contributed by atoms with Gasteiger partial charge in [-0.2, -0.15) is 0 Å². The highest BCUT2D eigenvalue weighted by molar-refractivity contribution is 6.16. The van der Waals surface area contributed by atoms with Crippen molar-refractivity contribution in [1.82, 2.24) is 0 Å². The Morgan fingerprint density at radius 1 is 1.00 bits per heavy atom. The second-order valence-electron chi connectivity index (χ2n) is 6.55. The molecule has 0 saturated carbocycles. The van der Waals surface area contributed by atoms with Crippen molar-refractivity contribution >= 4 is 27.9 Å². The highest BCUT2D eigenvalue weighted by Crippen LogP contribution is 2.37. The van der Waals surface area contributed by atoms with E-state index in [9.17, 15) is 19.8 Å². The normalized spacial score (nSPS) is 14.0. The summed E-state index contributed by atoms with van der Waals surface area (Å²) in [6.45, 7) is 9.14. The molecule has 2 N–H and O–H groups in total. The molecule has 1 heterocycles. The van der Waals surface area contributed by atoms with Crippen molar-refractivity contribution in [2.24, 2.45) is 0 Å². The fourth-order valence-electron chi connectivity index (χ4n) is 3.76. The summed E-state index contributed by atoms with van der Waals surface area (Å²) in [6.07, 6.45) is 6.39. The van der Waals surface area contributed by atoms with Gasteiger partial charge in [0.05, 0.1) is 27.1 Å². The Balaban J connectivity index is 0.000000828. The molecule has 27 heavy (non-hydrogen) atoms. The number of rotatable bonds is 5. The summed E-state index contributed by atoms with van der Waals surface area (Å²) < 4.78 is 0. The van der Waals surface area contributed by atoms with Crippen LogP contribution in [0.2, 0.25) is 0 Å². The fourth-order valence-corrected chi connectivity index (χ4v) is 3.76. The minimum atomic E-state index is -1.04. The first-order chi connectivity index (χ1) is 12.8. The van der Waals surface area contributed by atoms with Crippen LogP contribution < -0.4 is 4.90 Å². The first-order valence-electron chi connectivity index (χ1n) is 9.53. The Morgan fingerprint density at radius 3 is 1.85 bits per heavy atom. The number of allylic oxidation sites excluding steroid dienone is 1. The van der Waals surface area contributed by atoms with Crippen LogP contribution in [-0.2, 0) is 12.8 Å². The number of nitrogens with zero attached hydrogens (tertiary/aromatic N) is 1. The van der Waals surface area contributed by atoms with Gasteiger partial charge in [0.1, 0.15) is 0 Å². The van der Waals surface area contributed by atoms with E-state index in [1.807, 2.05) is 26.8 Å². The maximum atomic E-state index is 11.9. The number of benzene rings is 1. The van der Waals surface area contributed by atoms with Crippen molar-refractivity contribution in [3.8, 4) is 0 Å². The lowest BCUT2D eigenvalue weighted by Crippen LogP contribution is -2.33. The van der Waals surface area contributed by atoms with E-state index >= 15 is 0 Å². The van der Waals surface area contributed by atoms with Gasteiger partial charge in [-0.05, 0) is 62.6 Å². The molecule has 2 rings (SSSR count). The van der Waals surface area contributed by atoms with E-state index in [1.54, 1.807) is 12.6 Å². The lowest BCUT2D eigenvalue weighted by atomic mass is 9.86. The highest BCUT2D eigenvalue weighted by atomic mass is 28.1. The molecule has 1 aliphatic rings. The Hall–Kier alpha value is -2.08. The summed E-state index contributed by atoms with van der Waals surface area (Å²) in [5.41, 5.74) is 4.93. The van der Waals surface area contributed by atoms with Gasteiger partial charge in [-0.25, -0.2) is 9.59 Å². The lowest BCUT2D eigenvalue weighted by Gasteiger charge is -2.34. The summed E-state index contributed by atoms with van der Waals surface area (Å²) >= 11 is 0. The number of carbonyl (C=O) groups is 2. The van der Waals surface area contributed by atoms with E-state index in [-0.39, 0.29) is 11.1 Å². The Labute approximate surface area is 165 Å². The van der Waals surface area contributed by atoms with Crippen LogP contribution in [0, 0.1) is 6.92 Å². The Bertz CT molecular complexity index is 703. The first kappa shape index (κ1) is 23.0. The number of hydrogen-bond donors (Lipinski definition) is 2. The summed E-state index contributed by atoms with van der Waals surface area (Å²) in [7, 11) is 3.11. The van der Waals surface area contributed by atoms with E-state index < -0.39 is 11.9 Å². The first-order valence-corrected chi connectivity index (χ1v) is 10.1. The average Bonchev–Trinajstić information content (AvgIpc) is 2.66. The van der Waals surface area contributed by atoms with Crippen LogP contribution in [0.1, 0.15) is 77.4 Å². The number of piperidine rings is 1. The second kappa shape index (κ2) is 10.9. The molecule has 1 saturated heterocycles. The van der Waals surface area contributed by atoms with Gasteiger partial charge in [-0.3, -0.25) is 0 Å². The van der Waals surface area contributed by atoms with E-state index in [0.29, 0.717) is 18.4 Å². The van der Waals surface area contributed by atoms with Crippen LogP contribution in [0.5, 0.6) is 0 Å². The van der Waals surface area contributed by atoms with E-state index in [4.69, 9.17) is 0 Å². The molecule has 0 bridgehead atoms. The predicted molar refractivity (Wildman–Crippen MR) is 110 cm³/mol. The molecule has 1 aromatic carbocycles. The second-order valence-corrected chi connectivity index (χ2v) is 6.88. The van der Waals surface area contributed by atoms with Crippen LogP contribution >= 0.6 is 0 Å². The smallest absolute Gasteiger partial charge is 0.338 e. The van der Waals surface area contributed by atoms with Gasteiger partial charge in [0.2, 0.25) is 0 Å². The molecule has 0 atom stereocenters. The van der Waals surface area contributed by atoms with E-state index in [1.165, 1.54) is 0 Å². The standard InChI is InChI=1S/C18H25NO4.C3H5Si/c1-4-12-13(5-2)16(19-9-7-6-8-10-19)15(18(22)23)11(3)14(12)17(20)21;1-2-3-4/h4-10H2,1-3H3,(H,20,21)(H,22,23);2-3H,1H3. The van der Waals surface area contributed by atoms with Gasteiger partial charge in [0, 0.05) is 13.1 Å². The number of aromatic carboxylic acids is 2. The maximum Gasteiger partial charge on any atom is 0.338 e.